The molecule has 2 fully saturated rings. The van der Waals surface area contributed by atoms with Gasteiger partial charge in [0.25, 0.3) is 0 Å². The number of anilines is 1. The fourth-order valence-electron chi connectivity index (χ4n) is 5.78. The van der Waals surface area contributed by atoms with Crippen LogP contribution in [0.5, 0.6) is 5.75 Å². The molecule has 2 aliphatic rings. The van der Waals surface area contributed by atoms with E-state index in [1.54, 1.807) is 12.1 Å². The van der Waals surface area contributed by atoms with Gasteiger partial charge < -0.3 is 19.9 Å². The van der Waals surface area contributed by atoms with Crippen molar-refractivity contribution in [1.29, 1.82) is 0 Å². The first-order valence-corrected chi connectivity index (χ1v) is 15.1. The van der Waals surface area contributed by atoms with Crippen LogP contribution >= 0.6 is 0 Å². The number of hydrogen-bond donors (Lipinski definition) is 1. The molecule has 0 aromatic heterocycles. The number of likely N-dealkylation sites (tertiary alicyclic amines) is 2. The number of carbonyl (C=O) groups excluding carboxylic acids is 1. The molecule has 4 rings (SSSR count). The first-order valence-electron chi connectivity index (χ1n) is 15.1. The Morgan fingerprint density at radius 1 is 1.05 bits per heavy atom. The van der Waals surface area contributed by atoms with E-state index in [9.17, 15) is 14.9 Å². The van der Waals surface area contributed by atoms with Crippen LogP contribution in [0.4, 0.5) is 11.4 Å². The number of hydrogen-bond acceptors (Lipinski definition) is 6. The van der Waals surface area contributed by atoms with E-state index in [-0.39, 0.29) is 31.0 Å². The number of aryl methyl sites for hydroxylation is 1. The molecule has 0 unspecified atom stereocenters. The van der Waals surface area contributed by atoms with Gasteiger partial charge in [-0.1, -0.05) is 58.9 Å². The van der Waals surface area contributed by atoms with Crippen molar-refractivity contribution in [2.24, 2.45) is 5.92 Å². The summed E-state index contributed by atoms with van der Waals surface area (Å²) in [6, 6.07) is 14.4. The predicted octanol–water partition coefficient (Wildman–Crippen LogP) is 6.89. The Kier molecular flexibility index (Phi) is 12.4. The minimum absolute atomic E-state index is 0. The van der Waals surface area contributed by atoms with Gasteiger partial charge in [-0.05, 0) is 74.2 Å². The number of nitrogens with one attached hydrogen (secondary N) is 1. The number of carbonyl (C=O) groups is 1. The molecule has 2 saturated heterocycles. The van der Waals surface area contributed by atoms with Crippen LogP contribution in [-0.4, -0.2) is 66.0 Å². The van der Waals surface area contributed by atoms with Gasteiger partial charge in [-0.2, -0.15) is 0 Å². The second-order valence-corrected chi connectivity index (χ2v) is 11.8. The van der Waals surface area contributed by atoms with Gasteiger partial charge in [0.15, 0.2) is 5.75 Å². The van der Waals surface area contributed by atoms with E-state index in [1.165, 1.54) is 23.6 Å². The molecule has 8 heteroatoms. The van der Waals surface area contributed by atoms with Crippen LogP contribution in [0.15, 0.2) is 42.5 Å². The molecule has 226 valence electrons. The smallest absolute Gasteiger partial charge is 0.311 e. The van der Waals surface area contributed by atoms with Crippen LogP contribution in [0.2, 0.25) is 0 Å². The molecule has 8 nitrogen and oxygen atoms in total. The van der Waals surface area contributed by atoms with Gasteiger partial charge >= 0.3 is 5.69 Å². The molecule has 1 N–H and O–H groups in total. The van der Waals surface area contributed by atoms with Crippen molar-refractivity contribution >= 4 is 17.3 Å². The number of rotatable bonds is 12. The summed E-state index contributed by atoms with van der Waals surface area (Å²) in [6.45, 7) is 11.1. The molecule has 1 amide bonds. The van der Waals surface area contributed by atoms with E-state index < -0.39 is 4.92 Å². The number of nitro benzene ring substituents is 1. The quantitative estimate of drug-likeness (QED) is 0.222. The van der Waals surface area contributed by atoms with Gasteiger partial charge in [-0.15, -0.1) is 0 Å². The summed E-state index contributed by atoms with van der Waals surface area (Å²) in [7, 11) is 0. The van der Waals surface area contributed by atoms with Crippen LogP contribution in [-0.2, 0) is 11.2 Å². The highest BCUT2D eigenvalue weighted by Crippen LogP contribution is 2.32. The number of amides is 1. The van der Waals surface area contributed by atoms with Crippen molar-refractivity contribution in [3.63, 3.8) is 0 Å². The highest BCUT2D eigenvalue weighted by atomic mass is 16.6. The number of nitro groups is 1. The summed E-state index contributed by atoms with van der Waals surface area (Å²) >= 11 is 0. The summed E-state index contributed by atoms with van der Waals surface area (Å²) in [5, 5.41) is 14.9. The van der Waals surface area contributed by atoms with Gasteiger partial charge in [-0.25, -0.2) is 0 Å². The monoisotopic (exact) mass is 566 g/mol. The number of benzene rings is 2. The number of nitrogens with zero attached hydrogens (tertiary/aromatic N) is 3. The molecule has 0 atom stereocenters. The molecule has 0 radical (unpaired) electrons. The Bertz CT molecular complexity index is 1100. The van der Waals surface area contributed by atoms with E-state index >= 15 is 0 Å². The lowest BCUT2D eigenvalue weighted by molar-refractivity contribution is -0.385. The van der Waals surface area contributed by atoms with Crippen molar-refractivity contribution in [3.05, 3.63) is 63.7 Å². The Labute approximate surface area is 246 Å². The zero-order chi connectivity index (χ0) is 28.5. The molecule has 2 aliphatic heterocycles. The molecule has 0 saturated carbocycles. The topological polar surface area (TPSA) is 88.0 Å². The number of piperidine rings is 2. The van der Waals surface area contributed by atoms with Gasteiger partial charge in [0.05, 0.1) is 11.5 Å². The maximum Gasteiger partial charge on any atom is 0.311 e. The summed E-state index contributed by atoms with van der Waals surface area (Å²) < 4.78 is 5.72. The zero-order valence-electron chi connectivity index (χ0n) is 24.4. The number of ether oxygens (including phenoxy) is 1. The predicted molar refractivity (Wildman–Crippen MR) is 167 cm³/mol. The molecule has 2 aromatic carbocycles. The average Bonchev–Trinajstić information content (AvgIpc) is 2.96. The molecule has 0 bridgehead atoms. The minimum atomic E-state index is -0.405. The summed E-state index contributed by atoms with van der Waals surface area (Å²) in [4.78, 5) is 28.4. The van der Waals surface area contributed by atoms with Gasteiger partial charge in [0, 0.05) is 49.9 Å². The lowest BCUT2D eigenvalue weighted by atomic mass is 9.88. The Morgan fingerprint density at radius 2 is 1.73 bits per heavy atom. The van der Waals surface area contributed by atoms with Crippen LogP contribution < -0.4 is 10.1 Å². The third-order valence-electron chi connectivity index (χ3n) is 8.17. The van der Waals surface area contributed by atoms with Gasteiger partial charge in [0.2, 0.25) is 5.91 Å². The normalized spacial score (nSPS) is 16.8. The lowest BCUT2D eigenvalue weighted by Gasteiger charge is -2.35. The van der Waals surface area contributed by atoms with Gasteiger partial charge in [0.1, 0.15) is 0 Å². The molecule has 2 heterocycles. The SMILES string of the molecule is C.CCCc1ccc(C2CCN(CCC(=O)N3CCC(Nc4ccc([N+](=O)[O-])c(OCC(C)C)c4)CC3)CC2)cc1. The van der Waals surface area contributed by atoms with Gasteiger partial charge in [-0.3, -0.25) is 14.9 Å². The first kappa shape index (κ1) is 32.4. The van der Waals surface area contributed by atoms with Crippen molar-refractivity contribution in [2.45, 2.75) is 85.1 Å². The van der Waals surface area contributed by atoms with E-state index in [0.29, 0.717) is 24.7 Å². The molecule has 41 heavy (non-hydrogen) atoms. The minimum Gasteiger partial charge on any atom is -0.486 e. The first-order chi connectivity index (χ1) is 19.3. The van der Waals surface area contributed by atoms with E-state index in [0.717, 1.165) is 70.5 Å². The maximum atomic E-state index is 12.9. The molecular formula is C33H50N4O4. The third kappa shape index (κ3) is 9.45. The summed E-state index contributed by atoms with van der Waals surface area (Å²) in [6.07, 6.45) is 6.93. The summed E-state index contributed by atoms with van der Waals surface area (Å²) in [5.74, 6) is 1.44. The van der Waals surface area contributed by atoms with Crippen molar-refractivity contribution in [1.82, 2.24) is 9.80 Å². The Hall–Kier alpha value is -3.13. The van der Waals surface area contributed by atoms with E-state index in [4.69, 9.17) is 4.74 Å². The largest absolute Gasteiger partial charge is 0.486 e. The van der Waals surface area contributed by atoms with Crippen molar-refractivity contribution < 1.29 is 14.5 Å². The van der Waals surface area contributed by atoms with Crippen molar-refractivity contribution in [2.75, 3.05) is 44.6 Å². The third-order valence-corrected chi connectivity index (χ3v) is 8.17. The summed E-state index contributed by atoms with van der Waals surface area (Å²) in [5.41, 5.74) is 3.68. The van der Waals surface area contributed by atoms with Crippen LogP contribution in [0.1, 0.15) is 83.8 Å². The lowest BCUT2D eigenvalue weighted by Crippen LogP contribution is -2.43. The zero-order valence-corrected chi connectivity index (χ0v) is 24.4. The molecule has 0 aliphatic carbocycles. The fourth-order valence-corrected chi connectivity index (χ4v) is 5.78. The fraction of sp³-hybridized carbons (Fsp3) is 0.606. The Balaban J connectivity index is 0.00000462. The maximum absolute atomic E-state index is 12.9. The molecule has 0 spiro atoms. The Morgan fingerprint density at radius 3 is 2.34 bits per heavy atom. The standard InChI is InChI=1S/C32H46N4O4.CH4/c1-4-5-25-6-8-26(9-7-25)27-12-17-34(18-13-27)19-16-32(37)35-20-14-28(15-21-35)33-29-10-11-30(36(38)39)31(22-29)40-23-24(2)3;/h6-11,22,24,27-28,33H,4-5,12-21,23H2,1-3H3;1H4. The highest BCUT2D eigenvalue weighted by Gasteiger charge is 2.25. The average molecular weight is 567 g/mol. The van der Waals surface area contributed by atoms with E-state index in [2.05, 4.69) is 41.4 Å². The van der Waals surface area contributed by atoms with Crippen LogP contribution in [0.3, 0.4) is 0 Å². The van der Waals surface area contributed by atoms with Crippen LogP contribution in [0.25, 0.3) is 0 Å². The van der Waals surface area contributed by atoms with Crippen LogP contribution in [0, 0.1) is 16.0 Å². The van der Waals surface area contributed by atoms with Crippen molar-refractivity contribution in [3.8, 4) is 5.75 Å². The molecule has 2 aromatic rings. The second kappa shape index (κ2) is 15.8. The highest BCUT2D eigenvalue weighted by molar-refractivity contribution is 5.76. The van der Waals surface area contributed by atoms with E-state index in [1.807, 2.05) is 18.7 Å². The second-order valence-electron chi connectivity index (χ2n) is 11.8. The molecular weight excluding hydrogens is 516 g/mol.